The van der Waals surface area contributed by atoms with Crippen molar-refractivity contribution in [1.29, 1.82) is 0 Å². The van der Waals surface area contributed by atoms with E-state index in [4.69, 9.17) is 6.42 Å². The zero-order valence-corrected chi connectivity index (χ0v) is 10.7. The van der Waals surface area contributed by atoms with Gasteiger partial charge in [-0.2, -0.15) is 0 Å². The molecule has 1 nitrogen and oxygen atoms in total. The maximum Gasteiger partial charge on any atom is 0.102 e. The molecule has 2 aromatic carbocycles. The molecule has 2 rings (SSSR count). The SMILES string of the molecule is C#C[C@H](Sc1ccccc1)[C@H](O)c1ccccc1. The smallest absolute Gasteiger partial charge is 0.102 e. The van der Waals surface area contributed by atoms with Gasteiger partial charge in [-0.3, -0.25) is 0 Å². The average molecular weight is 254 g/mol. The Morgan fingerprint density at radius 3 is 2.06 bits per heavy atom. The molecule has 0 amide bonds. The second kappa shape index (κ2) is 6.30. The van der Waals surface area contributed by atoms with Crippen LogP contribution in [0.5, 0.6) is 0 Å². The monoisotopic (exact) mass is 254 g/mol. The minimum atomic E-state index is -0.651. The Balaban J connectivity index is 2.13. The summed E-state index contributed by atoms with van der Waals surface area (Å²) in [6, 6.07) is 19.4. The minimum Gasteiger partial charge on any atom is -0.386 e. The van der Waals surface area contributed by atoms with Crippen LogP contribution in [0.1, 0.15) is 11.7 Å². The number of hydrogen-bond donors (Lipinski definition) is 1. The van der Waals surface area contributed by atoms with E-state index in [0.717, 1.165) is 10.5 Å². The Morgan fingerprint density at radius 1 is 0.944 bits per heavy atom. The minimum absolute atomic E-state index is 0.283. The van der Waals surface area contributed by atoms with Crippen LogP contribution in [0.25, 0.3) is 0 Å². The van der Waals surface area contributed by atoms with Crippen molar-refractivity contribution in [3.8, 4) is 12.3 Å². The van der Waals surface area contributed by atoms with Crippen LogP contribution in [0.2, 0.25) is 0 Å². The molecule has 0 saturated heterocycles. The molecular weight excluding hydrogens is 240 g/mol. The fraction of sp³-hybridized carbons (Fsp3) is 0.125. The lowest BCUT2D eigenvalue weighted by molar-refractivity contribution is 0.189. The van der Waals surface area contributed by atoms with Gasteiger partial charge in [0.1, 0.15) is 11.4 Å². The third kappa shape index (κ3) is 3.16. The summed E-state index contributed by atoms with van der Waals surface area (Å²) in [5.74, 6) is 2.66. The van der Waals surface area contributed by atoms with E-state index >= 15 is 0 Å². The molecule has 0 aliphatic rings. The molecule has 2 atom stereocenters. The quantitative estimate of drug-likeness (QED) is 0.665. The van der Waals surface area contributed by atoms with Crippen molar-refractivity contribution in [2.45, 2.75) is 16.2 Å². The van der Waals surface area contributed by atoms with E-state index in [1.54, 1.807) is 0 Å². The maximum atomic E-state index is 10.3. The first-order chi connectivity index (χ1) is 8.81. The molecule has 2 heteroatoms. The van der Waals surface area contributed by atoms with Crippen molar-refractivity contribution in [2.24, 2.45) is 0 Å². The third-order valence-corrected chi connectivity index (χ3v) is 3.79. The van der Waals surface area contributed by atoms with Crippen LogP contribution in [0.15, 0.2) is 65.6 Å². The van der Waals surface area contributed by atoms with Crippen LogP contribution in [0, 0.1) is 12.3 Å². The lowest BCUT2D eigenvalue weighted by Gasteiger charge is -2.17. The number of hydrogen-bond acceptors (Lipinski definition) is 2. The number of benzene rings is 2. The van der Waals surface area contributed by atoms with Gasteiger partial charge >= 0.3 is 0 Å². The summed E-state index contributed by atoms with van der Waals surface area (Å²) >= 11 is 1.51. The summed E-state index contributed by atoms with van der Waals surface area (Å²) in [5, 5.41) is 10.00. The van der Waals surface area contributed by atoms with Gasteiger partial charge in [-0.25, -0.2) is 0 Å². The van der Waals surface area contributed by atoms with Gasteiger partial charge in [0.15, 0.2) is 0 Å². The summed E-state index contributed by atoms with van der Waals surface area (Å²) in [7, 11) is 0. The number of rotatable bonds is 4. The number of terminal acetylenes is 1. The van der Waals surface area contributed by atoms with Crippen molar-refractivity contribution in [3.63, 3.8) is 0 Å². The zero-order valence-electron chi connectivity index (χ0n) is 9.86. The molecule has 0 aliphatic heterocycles. The molecule has 0 heterocycles. The first kappa shape index (κ1) is 12.8. The molecular formula is C16H14OS. The number of thioether (sulfide) groups is 1. The van der Waals surface area contributed by atoms with Crippen molar-refractivity contribution in [2.75, 3.05) is 0 Å². The van der Waals surface area contributed by atoms with Crippen LogP contribution in [-0.2, 0) is 0 Å². The van der Waals surface area contributed by atoms with Gasteiger partial charge < -0.3 is 5.11 Å². The molecule has 0 saturated carbocycles. The average Bonchev–Trinajstić information content (AvgIpc) is 2.46. The Morgan fingerprint density at radius 2 is 1.50 bits per heavy atom. The van der Waals surface area contributed by atoms with E-state index in [1.165, 1.54) is 11.8 Å². The fourth-order valence-corrected chi connectivity index (χ4v) is 2.62. The van der Waals surface area contributed by atoms with E-state index in [1.807, 2.05) is 60.7 Å². The van der Waals surface area contributed by atoms with E-state index in [-0.39, 0.29) is 5.25 Å². The van der Waals surface area contributed by atoms with Crippen molar-refractivity contribution in [1.82, 2.24) is 0 Å². The molecule has 90 valence electrons. The molecule has 0 aliphatic carbocycles. The molecule has 0 aromatic heterocycles. The third-order valence-electron chi connectivity index (χ3n) is 2.60. The van der Waals surface area contributed by atoms with Gasteiger partial charge in [0, 0.05) is 4.90 Å². The molecule has 0 radical (unpaired) electrons. The van der Waals surface area contributed by atoms with E-state index < -0.39 is 6.10 Å². The summed E-state index contributed by atoms with van der Waals surface area (Å²) in [6.45, 7) is 0. The van der Waals surface area contributed by atoms with Crippen molar-refractivity contribution < 1.29 is 5.11 Å². The van der Waals surface area contributed by atoms with Crippen molar-refractivity contribution in [3.05, 3.63) is 66.2 Å². The van der Waals surface area contributed by atoms with Crippen LogP contribution >= 0.6 is 11.8 Å². The van der Waals surface area contributed by atoms with E-state index in [9.17, 15) is 5.11 Å². The zero-order chi connectivity index (χ0) is 12.8. The molecule has 0 unspecified atom stereocenters. The highest BCUT2D eigenvalue weighted by Crippen LogP contribution is 2.31. The molecule has 0 spiro atoms. The standard InChI is InChI=1S/C16H14OS/c1-2-15(18-14-11-7-4-8-12-14)16(17)13-9-5-3-6-10-13/h1,3-12,15-17H/t15-,16+/m0/s1. The maximum absolute atomic E-state index is 10.3. The van der Waals surface area contributed by atoms with Crippen LogP contribution < -0.4 is 0 Å². The lowest BCUT2D eigenvalue weighted by atomic mass is 10.1. The summed E-state index contributed by atoms with van der Waals surface area (Å²) in [4.78, 5) is 1.07. The number of aliphatic hydroxyl groups excluding tert-OH is 1. The Kier molecular flexibility index (Phi) is 4.46. The summed E-state index contributed by atoms with van der Waals surface area (Å²) in [6.07, 6.45) is 4.88. The van der Waals surface area contributed by atoms with Gasteiger partial charge in [-0.15, -0.1) is 18.2 Å². The first-order valence-corrected chi connectivity index (χ1v) is 6.60. The molecule has 0 bridgehead atoms. The van der Waals surface area contributed by atoms with Gasteiger partial charge in [-0.1, -0.05) is 54.5 Å². The molecule has 18 heavy (non-hydrogen) atoms. The summed E-state index contributed by atoms with van der Waals surface area (Å²) < 4.78 is 0. The van der Waals surface area contributed by atoms with Crippen LogP contribution in [-0.4, -0.2) is 10.4 Å². The van der Waals surface area contributed by atoms with Gasteiger partial charge in [0.25, 0.3) is 0 Å². The second-order valence-corrected chi connectivity index (χ2v) is 5.09. The van der Waals surface area contributed by atoms with E-state index in [2.05, 4.69) is 5.92 Å². The predicted octanol–water partition coefficient (Wildman–Crippen LogP) is 3.51. The highest BCUT2D eigenvalue weighted by atomic mass is 32.2. The van der Waals surface area contributed by atoms with Gasteiger partial charge in [0.2, 0.25) is 0 Å². The second-order valence-electron chi connectivity index (χ2n) is 3.87. The fourth-order valence-electron chi connectivity index (χ4n) is 1.66. The Bertz CT molecular complexity index is 516. The Labute approximate surface area is 112 Å². The van der Waals surface area contributed by atoms with Crippen LogP contribution in [0.3, 0.4) is 0 Å². The largest absolute Gasteiger partial charge is 0.386 e. The highest BCUT2D eigenvalue weighted by molar-refractivity contribution is 8.00. The van der Waals surface area contributed by atoms with Crippen molar-refractivity contribution >= 4 is 11.8 Å². The summed E-state index contributed by atoms with van der Waals surface area (Å²) in [5.41, 5.74) is 0.851. The first-order valence-electron chi connectivity index (χ1n) is 5.72. The Hall–Kier alpha value is -1.69. The van der Waals surface area contributed by atoms with Gasteiger partial charge in [-0.05, 0) is 17.7 Å². The topological polar surface area (TPSA) is 20.2 Å². The van der Waals surface area contributed by atoms with Crippen LogP contribution in [0.4, 0.5) is 0 Å². The number of aliphatic hydroxyl groups is 1. The highest BCUT2D eigenvalue weighted by Gasteiger charge is 2.19. The predicted molar refractivity (Wildman–Crippen MR) is 76.3 cm³/mol. The molecule has 2 aromatic rings. The lowest BCUT2D eigenvalue weighted by Crippen LogP contribution is -2.12. The normalized spacial score (nSPS) is 13.6. The van der Waals surface area contributed by atoms with E-state index in [0.29, 0.717) is 0 Å². The molecule has 0 fully saturated rings. The van der Waals surface area contributed by atoms with Gasteiger partial charge in [0.05, 0.1) is 0 Å². The molecule has 1 N–H and O–H groups in total.